The molecular weight excluding hydrogens is 388 g/mol. The van der Waals surface area contributed by atoms with E-state index in [1.165, 1.54) is 11.8 Å². The third-order valence-electron chi connectivity index (χ3n) is 3.35. The van der Waals surface area contributed by atoms with E-state index < -0.39 is 0 Å². The first-order valence-corrected chi connectivity index (χ1v) is 8.86. The minimum Gasteiger partial charge on any atom is -0.494 e. The predicted octanol–water partition coefficient (Wildman–Crippen LogP) is 4.66. The van der Waals surface area contributed by atoms with Gasteiger partial charge < -0.3 is 10.1 Å². The molecule has 0 saturated carbocycles. The topological polar surface area (TPSA) is 50.7 Å². The summed E-state index contributed by atoms with van der Waals surface area (Å²) in [6, 6.07) is 13.5. The lowest BCUT2D eigenvalue weighted by Gasteiger charge is -2.05. The summed E-state index contributed by atoms with van der Waals surface area (Å²) < 4.78 is 6.30. The van der Waals surface area contributed by atoms with E-state index in [1.807, 2.05) is 55.5 Å². The van der Waals surface area contributed by atoms with Crippen LogP contribution in [0.25, 0.3) is 6.08 Å². The standard InChI is InChI=1S/C18H15BrN2O2S/c1-11-6-7-15(23-2)14(8-11)20-18-21-17(22)16(24-18)10-12-4-3-5-13(19)9-12/h3-10H,1-2H3,(H,20,21,22)/b16-10-. The summed E-state index contributed by atoms with van der Waals surface area (Å²) in [6.07, 6.45) is 1.85. The van der Waals surface area contributed by atoms with Crippen LogP contribution in [0, 0.1) is 6.92 Å². The van der Waals surface area contributed by atoms with Gasteiger partial charge >= 0.3 is 0 Å². The van der Waals surface area contributed by atoms with Crippen LogP contribution in [0.2, 0.25) is 0 Å². The van der Waals surface area contributed by atoms with Crippen LogP contribution in [-0.2, 0) is 4.79 Å². The highest BCUT2D eigenvalue weighted by atomic mass is 79.9. The van der Waals surface area contributed by atoms with Crippen molar-refractivity contribution in [3.05, 3.63) is 63.0 Å². The fourth-order valence-corrected chi connectivity index (χ4v) is 3.48. The summed E-state index contributed by atoms with van der Waals surface area (Å²) in [4.78, 5) is 17.3. The predicted molar refractivity (Wildman–Crippen MR) is 103 cm³/mol. The van der Waals surface area contributed by atoms with E-state index in [1.54, 1.807) is 7.11 Å². The molecule has 1 amide bonds. The number of methoxy groups -OCH3 is 1. The molecule has 0 unspecified atom stereocenters. The second-order valence-corrected chi connectivity index (χ2v) is 7.16. The van der Waals surface area contributed by atoms with Gasteiger partial charge in [0.05, 0.1) is 12.0 Å². The van der Waals surface area contributed by atoms with E-state index in [-0.39, 0.29) is 5.91 Å². The number of hydrogen-bond donors (Lipinski definition) is 1. The lowest BCUT2D eigenvalue weighted by molar-refractivity contribution is -0.115. The first-order chi connectivity index (χ1) is 11.5. The van der Waals surface area contributed by atoms with E-state index in [0.717, 1.165) is 15.6 Å². The molecule has 0 atom stereocenters. The molecule has 1 heterocycles. The summed E-state index contributed by atoms with van der Waals surface area (Å²) in [6.45, 7) is 1.99. The van der Waals surface area contributed by atoms with E-state index in [9.17, 15) is 4.79 Å². The Labute approximate surface area is 153 Å². The molecule has 0 spiro atoms. The van der Waals surface area contributed by atoms with E-state index in [2.05, 4.69) is 26.2 Å². The average molecular weight is 403 g/mol. The van der Waals surface area contributed by atoms with Crippen molar-refractivity contribution < 1.29 is 9.53 Å². The Balaban J connectivity index is 1.88. The number of halogens is 1. The van der Waals surface area contributed by atoms with Gasteiger partial charge in [-0.2, -0.15) is 0 Å². The van der Waals surface area contributed by atoms with Gasteiger partial charge in [0.15, 0.2) is 5.17 Å². The van der Waals surface area contributed by atoms with Crippen LogP contribution >= 0.6 is 27.7 Å². The van der Waals surface area contributed by atoms with Gasteiger partial charge in [0.1, 0.15) is 11.4 Å². The second-order valence-electron chi connectivity index (χ2n) is 5.21. The van der Waals surface area contributed by atoms with Gasteiger partial charge in [0.2, 0.25) is 0 Å². The maximum Gasteiger partial charge on any atom is 0.264 e. The molecule has 3 rings (SSSR count). The molecule has 0 aromatic heterocycles. The van der Waals surface area contributed by atoms with Crippen LogP contribution in [0.4, 0.5) is 5.69 Å². The average Bonchev–Trinajstić information content (AvgIpc) is 2.87. The second kappa shape index (κ2) is 7.23. The van der Waals surface area contributed by atoms with E-state index in [0.29, 0.717) is 21.5 Å². The number of amides is 1. The Morgan fingerprint density at radius 3 is 2.83 bits per heavy atom. The van der Waals surface area contributed by atoms with Crippen LogP contribution in [0.3, 0.4) is 0 Å². The van der Waals surface area contributed by atoms with Gasteiger partial charge in [-0.25, -0.2) is 4.99 Å². The van der Waals surface area contributed by atoms with Crippen LogP contribution < -0.4 is 10.1 Å². The third-order valence-corrected chi connectivity index (χ3v) is 4.76. The fourth-order valence-electron chi connectivity index (χ4n) is 2.23. The van der Waals surface area contributed by atoms with Gasteiger partial charge in [-0.05, 0) is 60.2 Å². The van der Waals surface area contributed by atoms with Gasteiger partial charge in [0.25, 0.3) is 5.91 Å². The van der Waals surface area contributed by atoms with Gasteiger partial charge in [-0.3, -0.25) is 4.79 Å². The quantitative estimate of drug-likeness (QED) is 0.759. The number of benzene rings is 2. The molecule has 1 aliphatic heterocycles. The van der Waals surface area contributed by atoms with Crippen molar-refractivity contribution in [3.8, 4) is 5.75 Å². The lowest BCUT2D eigenvalue weighted by Crippen LogP contribution is -2.19. The van der Waals surface area contributed by atoms with E-state index >= 15 is 0 Å². The Morgan fingerprint density at radius 2 is 2.08 bits per heavy atom. The minimum absolute atomic E-state index is 0.148. The molecule has 1 aliphatic rings. The number of rotatable bonds is 3. The summed E-state index contributed by atoms with van der Waals surface area (Å²) in [5, 5.41) is 3.34. The highest BCUT2D eigenvalue weighted by Gasteiger charge is 2.24. The third kappa shape index (κ3) is 3.88. The molecule has 4 nitrogen and oxygen atoms in total. The highest BCUT2D eigenvalue weighted by molar-refractivity contribution is 9.10. The molecule has 122 valence electrons. The van der Waals surface area contributed by atoms with Crippen molar-refractivity contribution >= 4 is 50.5 Å². The number of amidine groups is 1. The van der Waals surface area contributed by atoms with Crippen molar-refractivity contribution in [2.45, 2.75) is 6.92 Å². The monoisotopic (exact) mass is 402 g/mol. The summed E-state index contributed by atoms with van der Waals surface area (Å²) in [5.41, 5.74) is 2.73. The maximum absolute atomic E-state index is 12.2. The van der Waals surface area contributed by atoms with Crippen LogP contribution in [-0.4, -0.2) is 18.2 Å². The Hall–Kier alpha value is -2.05. The number of ether oxygens (including phenoxy) is 1. The van der Waals surface area contributed by atoms with E-state index in [4.69, 9.17) is 4.74 Å². The molecule has 24 heavy (non-hydrogen) atoms. The zero-order chi connectivity index (χ0) is 17.1. The minimum atomic E-state index is -0.148. The zero-order valence-corrected chi connectivity index (χ0v) is 15.6. The summed E-state index contributed by atoms with van der Waals surface area (Å²) in [5.74, 6) is 0.526. The van der Waals surface area contributed by atoms with Crippen LogP contribution in [0.15, 0.2) is 56.8 Å². The first kappa shape index (κ1) is 16.8. The van der Waals surface area contributed by atoms with Crippen molar-refractivity contribution in [3.63, 3.8) is 0 Å². The lowest BCUT2D eigenvalue weighted by atomic mass is 10.2. The largest absolute Gasteiger partial charge is 0.494 e. The number of thioether (sulfide) groups is 1. The summed E-state index contributed by atoms with van der Waals surface area (Å²) >= 11 is 4.75. The van der Waals surface area contributed by atoms with Gasteiger partial charge in [-0.1, -0.05) is 34.1 Å². The molecule has 1 fully saturated rings. The number of aryl methyl sites for hydroxylation is 1. The Bertz CT molecular complexity index is 862. The number of hydrogen-bond acceptors (Lipinski definition) is 4. The molecule has 0 aliphatic carbocycles. The molecule has 6 heteroatoms. The molecule has 1 N–H and O–H groups in total. The summed E-state index contributed by atoms with van der Waals surface area (Å²) in [7, 11) is 1.60. The molecule has 0 radical (unpaired) electrons. The maximum atomic E-state index is 12.2. The smallest absolute Gasteiger partial charge is 0.264 e. The number of carbonyl (C=O) groups excluding carboxylic acids is 1. The number of nitrogens with one attached hydrogen (secondary N) is 1. The van der Waals surface area contributed by atoms with Gasteiger partial charge in [-0.15, -0.1) is 0 Å². The molecule has 2 aromatic rings. The molecule has 1 saturated heterocycles. The van der Waals surface area contributed by atoms with Crippen molar-refractivity contribution in [1.29, 1.82) is 0 Å². The number of nitrogens with zero attached hydrogens (tertiary/aromatic N) is 1. The van der Waals surface area contributed by atoms with Crippen molar-refractivity contribution in [2.75, 3.05) is 7.11 Å². The molecular formula is C18H15BrN2O2S. The number of carbonyl (C=O) groups is 1. The normalized spacial score (nSPS) is 17.4. The van der Waals surface area contributed by atoms with Crippen molar-refractivity contribution in [2.24, 2.45) is 4.99 Å². The molecule has 2 aromatic carbocycles. The molecule has 0 bridgehead atoms. The first-order valence-electron chi connectivity index (χ1n) is 7.25. The van der Waals surface area contributed by atoms with Crippen LogP contribution in [0.5, 0.6) is 5.75 Å². The Kier molecular flexibility index (Phi) is 5.06. The fraction of sp³-hybridized carbons (Fsp3) is 0.111. The highest BCUT2D eigenvalue weighted by Crippen LogP contribution is 2.33. The van der Waals surface area contributed by atoms with Gasteiger partial charge in [0, 0.05) is 4.47 Å². The number of aliphatic imine (C=N–C) groups is 1. The zero-order valence-electron chi connectivity index (χ0n) is 13.2. The Morgan fingerprint density at radius 1 is 1.25 bits per heavy atom. The SMILES string of the molecule is COc1ccc(C)cc1N=C1NC(=O)/C(=C/c2cccc(Br)c2)S1. The van der Waals surface area contributed by atoms with Crippen molar-refractivity contribution in [1.82, 2.24) is 5.32 Å². The van der Waals surface area contributed by atoms with Crippen LogP contribution in [0.1, 0.15) is 11.1 Å².